The summed E-state index contributed by atoms with van der Waals surface area (Å²) in [6.45, 7) is 8.62. The summed E-state index contributed by atoms with van der Waals surface area (Å²) in [5.74, 6) is 0.949. The summed E-state index contributed by atoms with van der Waals surface area (Å²) in [5.41, 5.74) is 2.46. The van der Waals surface area contributed by atoms with Crippen molar-refractivity contribution < 1.29 is 4.74 Å². The second-order valence-corrected chi connectivity index (χ2v) is 5.47. The molecule has 2 aromatic rings. The Labute approximate surface area is 134 Å². The highest BCUT2D eigenvalue weighted by Gasteiger charge is 2.16. The molecule has 2 nitrogen and oxygen atoms in total. The molecule has 1 atom stereocenters. The number of hydrogen-bond donors (Lipinski definition) is 0. The first kappa shape index (κ1) is 16.6. The summed E-state index contributed by atoms with van der Waals surface area (Å²) < 4.78 is 6.22. The molecule has 0 fully saturated rings. The third-order valence-electron chi connectivity index (χ3n) is 3.99. The Morgan fingerprint density at radius 2 is 1.41 bits per heavy atom. The van der Waals surface area contributed by atoms with Gasteiger partial charge in [-0.05, 0) is 42.8 Å². The fraction of sp³-hybridized carbons (Fsp3) is 0.400. The molecule has 0 heterocycles. The highest BCUT2D eigenvalue weighted by atomic mass is 16.5. The van der Waals surface area contributed by atoms with E-state index in [1.165, 1.54) is 11.1 Å². The van der Waals surface area contributed by atoms with Gasteiger partial charge < -0.3 is 4.74 Å². The van der Waals surface area contributed by atoms with Crippen molar-refractivity contribution in [3.8, 4) is 16.9 Å². The molecule has 0 saturated heterocycles. The average molecular weight is 297 g/mol. The van der Waals surface area contributed by atoms with Crippen LogP contribution in [0.2, 0.25) is 0 Å². The molecule has 0 spiro atoms. The van der Waals surface area contributed by atoms with Crippen molar-refractivity contribution in [1.29, 1.82) is 0 Å². The van der Waals surface area contributed by atoms with E-state index in [9.17, 15) is 0 Å². The lowest BCUT2D eigenvalue weighted by molar-refractivity contribution is 0.0255. The van der Waals surface area contributed by atoms with Gasteiger partial charge in [0.1, 0.15) is 5.75 Å². The summed E-state index contributed by atoms with van der Waals surface area (Å²) in [6.07, 6.45) is 2.35. The van der Waals surface area contributed by atoms with Crippen LogP contribution in [0.1, 0.15) is 33.6 Å². The van der Waals surface area contributed by atoms with Crippen LogP contribution >= 0.6 is 0 Å². The van der Waals surface area contributed by atoms with Gasteiger partial charge in [0, 0.05) is 0 Å². The Hall–Kier alpha value is -1.80. The minimum absolute atomic E-state index is 0.169. The van der Waals surface area contributed by atoms with Crippen LogP contribution in [0.4, 0.5) is 0 Å². The molecule has 0 amide bonds. The second kappa shape index (κ2) is 8.60. The number of nitrogens with zero attached hydrogens (tertiary/aromatic N) is 1. The standard InChI is InChI=1S/C20H27NO/c1-4-10-20(21(5-2)6-3)22-19-15-13-18(14-16-19)17-11-8-7-9-12-17/h7-9,11-16,20H,4-6,10H2,1-3H3. The maximum absolute atomic E-state index is 6.22. The number of ether oxygens (including phenoxy) is 1. The van der Waals surface area contributed by atoms with Crippen molar-refractivity contribution in [3.63, 3.8) is 0 Å². The molecule has 2 rings (SSSR count). The average Bonchev–Trinajstić information content (AvgIpc) is 2.57. The third kappa shape index (κ3) is 4.35. The normalized spacial score (nSPS) is 12.4. The van der Waals surface area contributed by atoms with Crippen LogP contribution in [0.25, 0.3) is 11.1 Å². The largest absolute Gasteiger partial charge is 0.475 e. The molecule has 0 aliphatic rings. The van der Waals surface area contributed by atoms with Crippen LogP contribution < -0.4 is 4.74 Å². The Morgan fingerprint density at radius 3 is 1.95 bits per heavy atom. The first-order valence-corrected chi connectivity index (χ1v) is 8.34. The molecule has 1 unspecified atom stereocenters. The van der Waals surface area contributed by atoms with E-state index in [1.807, 2.05) is 6.07 Å². The van der Waals surface area contributed by atoms with Crippen molar-refractivity contribution >= 4 is 0 Å². The van der Waals surface area contributed by atoms with Crippen molar-refractivity contribution in [1.82, 2.24) is 4.90 Å². The molecule has 0 aromatic heterocycles. The molecule has 0 saturated carbocycles. The van der Waals surface area contributed by atoms with E-state index in [4.69, 9.17) is 4.74 Å². The molecule has 22 heavy (non-hydrogen) atoms. The van der Waals surface area contributed by atoms with Gasteiger partial charge in [0.2, 0.25) is 0 Å². The van der Waals surface area contributed by atoms with Crippen molar-refractivity contribution in [2.75, 3.05) is 13.1 Å². The Balaban J connectivity index is 2.09. The Kier molecular flexibility index (Phi) is 6.47. The fourth-order valence-corrected chi connectivity index (χ4v) is 2.71. The molecule has 118 valence electrons. The first-order chi connectivity index (χ1) is 10.8. The molecular formula is C20H27NO. The van der Waals surface area contributed by atoms with Gasteiger partial charge in [0.05, 0.1) is 0 Å². The summed E-state index contributed by atoms with van der Waals surface area (Å²) in [7, 11) is 0. The Morgan fingerprint density at radius 1 is 0.818 bits per heavy atom. The highest BCUT2D eigenvalue weighted by molar-refractivity contribution is 5.63. The fourth-order valence-electron chi connectivity index (χ4n) is 2.71. The summed E-state index contributed by atoms with van der Waals surface area (Å²) in [5, 5.41) is 0. The predicted molar refractivity (Wildman–Crippen MR) is 94.1 cm³/mol. The van der Waals surface area contributed by atoms with E-state index >= 15 is 0 Å². The van der Waals surface area contributed by atoms with Gasteiger partial charge >= 0.3 is 0 Å². The third-order valence-corrected chi connectivity index (χ3v) is 3.99. The first-order valence-electron chi connectivity index (χ1n) is 8.34. The van der Waals surface area contributed by atoms with E-state index in [0.717, 1.165) is 31.7 Å². The van der Waals surface area contributed by atoms with Gasteiger partial charge in [-0.25, -0.2) is 0 Å². The van der Waals surface area contributed by atoms with Crippen molar-refractivity contribution in [2.45, 2.75) is 39.8 Å². The van der Waals surface area contributed by atoms with Gasteiger partial charge in [0.15, 0.2) is 6.23 Å². The predicted octanol–water partition coefficient (Wildman–Crippen LogP) is 5.20. The van der Waals surface area contributed by atoms with Crippen LogP contribution in [0.5, 0.6) is 5.75 Å². The maximum atomic E-state index is 6.22. The van der Waals surface area contributed by atoms with Crippen LogP contribution in [0.3, 0.4) is 0 Å². The Bertz CT molecular complexity index is 531. The minimum Gasteiger partial charge on any atom is -0.475 e. The summed E-state index contributed by atoms with van der Waals surface area (Å²) in [4.78, 5) is 2.37. The smallest absolute Gasteiger partial charge is 0.152 e. The second-order valence-electron chi connectivity index (χ2n) is 5.47. The van der Waals surface area contributed by atoms with Crippen molar-refractivity contribution in [2.24, 2.45) is 0 Å². The zero-order valence-electron chi connectivity index (χ0n) is 14.0. The van der Waals surface area contributed by atoms with Crippen molar-refractivity contribution in [3.05, 3.63) is 54.6 Å². The number of rotatable bonds is 8. The topological polar surface area (TPSA) is 12.5 Å². The zero-order chi connectivity index (χ0) is 15.8. The maximum Gasteiger partial charge on any atom is 0.152 e. The molecule has 0 bridgehead atoms. The monoisotopic (exact) mass is 297 g/mol. The van der Waals surface area contributed by atoms with Gasteiger partial charge in [-0.3, -0.25) is 4.90 Å². The van der Waals surface area contributed by atoms with E-state index in [1.54, 1.807) is 0 Å². The SMILES string of the molecule is CCCC(Oc1ccc(-c2ccccc2)cc1)N(CC)CC. The molecule has 0 aliphatic carbocycles. The van der Waals surface area contributed by atoms with E-state index in [0.29, 0.717) is 0 Å². The summed E-state index contributed by atoms with van der Waals surface area (Å²) >= 11 is 0. The lowest BCUT2D eigenvalue weighted by Crippen LogP contribution is -2.39. The van der Waals surface area contributed by atoms with E-state index in [2.05, 4.69) is 74.2 Å². The van der Waals surface area contributed by atoms with Crippen LogP contribution in [0, 0.1) is 0 Å². The van der Waals surface area contributed by atoms with Gasteiger partial charge in [-0.1, -0.05) is 69.7 Å². The minimum atomic E-state index is 0.169. The lowest BCUT2D eigenvalue weighted by Gasteiger charge is -2.30. The molecule has 0 aliphatic heterocycles. The number of benzene rings is 2. The molecule has 2 heteroatoms. The van der Waals surface area contributed by atoms with Gasteiger partial charge in [0.25, 0.3) is 0 Å². The lowest BCUT2D eigenvalue weighted by atomic mass is 10.1. The molecular weight excluding hydrogens is 270 g/mol. The summed E-state index contributed by atoms with van der Waals surface area (Å²) in [6, 6.07) is 18.9. The van der Waals surface area contributed by atoms with Gasteiger partial charge in [-0.2, -0.15) is 0 Å². The molecule has 2 aromatic carbocycles. The molecule has 0 radical (unpaired) electrons. The van der Waals surface area contributed by atoms with E-state index in [-0.39, 0.29) is 6.23 Å². The zero-order valence-corrected chi connectivity index (χ0v) is 14.0. The van der Waals surface area contributed by atoms with Gasteiger partial charge in [-0.15, -0.1) is 0 Å². The molecule has 0 N–H and O–H groups in total. The van der Waals surface area contributed by atoms with Crippen LogP contribution in [0.15, 0.2) is 54.6 Å². The number of hydrogen-bond acceptors (Lipinski definition) is 2. The van der Waals surface area contributed by atoms with E-state index < -0.39 is 0 Å². The quantitative estimate of drug-likeness (QED) is 0.621. The van der Waals surface area contributed by atoms with Crippen LogP contribution in [-0.4, -0.2) is 24.2 Å². The highest BCUT2D eigenvalue weighted by Crippen LogP contribution is 2.23. The van der Waals surface area contributed by atoms with Crippen LogP contribution in [-0.2, 0) is 0 Å².